The summed E-state index contributed by atoms with van der Waals surface area (Å²) in [5.74, 6) is 1.54. The van der Waals surface area contributed by atoms with Crippen LogP contribution in [0.1, 0.15) is 25.3 Å². The van der Waals surface area contributed by atoms with E-state index in [9.17, 15) is 0 Å². The highest BCUT2D eigenvalue weighted by Crippen LogP contribution is 2.40. The van der Waals surface area contributed by atoms with Crippen molar-refractivity contribution in [2.24, 2.45) is 0 Å². The van der Waals surface area contributed by atoms with Crippen LogP contribution in [0.4, 0.5) is 5.69 Å². The Morgan fingerprint density at radius 3 is 2.21 bits per heavy atom. The third kappa shape index (κ3) is 3.14. The lowest BCUT2D eigenvalue weighted by Crippen LogP contribution is -1.95. The van der Waals surface area contributed by atoms with Gasteiger partial charge in [0, 0.05) is 5.69 Å². The van der Waals surface area contributed by atoms with Gasteiger partial charge in [0.2, 0.25) is 0 Å². The molecule has 0 saturated carbocycles. The molecule has 0 atom stereocenters. The molecule has 19 heavy (non-hydrogen) atoms. The van der Waals surface area contributed by atoms with Crippen molar-refractivity contribution in [3.8, 4) is 11.5 Å². The van der Waals surface area contributed by atoms with Crippen molar-refractivity contribution in [3.05, 3.63) is 52.0 Å². The fourth-order valence-electron chi connectivity index (χ4n) is 1.84. The summed E-state index contributed by atoms with van der Waals surface area (Å²) < 4.78 is 5.87. The van der Waals surface area contributed by atoms with Crippen LogP contribution >= 0.6 is 23.2 Å². The van der Waals surface area contributed by atoms with E-state index < -0.39 is 0 Å². The molecule has 0 aliphatic carbocycles. The van der Waals surface area contributed by atoms with Gasteiger partial charge < -0.3 is 10.5 Å². The molecular formula is C15H15Cl2NO. The molecule has 0 aromatic heterocycles. The van der Waals surface area contributed by atoms with E-state index in [1.807, 2.05) is 24.3 Å². The zero-order valence-corrected chi connectivity index (χ0v) is 12.3. The van der Waals surface area contributed by atoms with Gasteiger partial charge in [0.15, 0.2) is 5.75 Å². The van der Waals surface area contributed by atoms with Gasteiger partial charge in [-0.3, -0.25) is 0 Å². The Morgan fingerprint density at radius 1 is 1.05 bits per heavy atom. The monoisotopic (exact) mass is 295 g/mol. The summed E-state index contributed by atoms with van der Waals surface area (Å²) in [6.07, 6.45) is 0. The zero-order valence-electron chi connectivity index (χ0n) is 10.8. The number of ether oxygens (including phenoxy) is 1. The van der Waals surface area contributed by atoms with Gasteiger partial charge in [0.1, 0.15) is 5.75 Å². The molecule has 0 fully saturated rings. The van der Waals surface area contributed by atoms with E-state index in [-0.39, 0.29) is 0 Å². The maximum atomic E-state index is 6.13. The largest absolute Gasteiger partial charge is 0.454 e. The van der Waals surface area contributed by atoms with E-state index in [1.54, 1.807) is 12.1 Å². The Bertz CT molecular complexity index is 573. The van der Waals surface area contributed by atoms with Crippen LogP contribution in [-0.2, 0) is 0 Å². The average Bonchev–Trinajstić information content (AvgIpc) is 2.34. The highest BCUT2D eigenvalue weighted by Gasteiger charge is 2.13. The van der Waals surface area contributed by atoms with Gasteiger partial charge in [-0.25, -0.2) is 0 Å². The van der Waals surface area contributed by atoms with E-state index in [4.69, 9.17) is 33.7 Å². The first-order chi connectivity index (χ1) is 8.99. The van der Waals surface area contributed by atoms with Gasteiger partial charge in [-0.2, -0.15) is 0 Å². The second kappa shape index (κ2) is 5.72. The van der Waals surface area contributed by atoms with Crippen LogP contribution in [0, 0.1) is 0 Å². The Kier molecular flexibility index (Phi) is 4.23. The fourth-order valence-corrected chi connectivity index (χ4v) is 2.42. The number of rotatable bonds is 3. The molecule has 2 aromatic carbocycles. The summed E-state index contributed by atoms with van der Waals surface area (Å²) >= 11 is 12.3. The Morgan fingerprint density at radius 2 is 1.63 bits per heavy atom. The van der Waals surface area contributed by atoms with Crippen molar-refractivity contribution < 1.29 is 4.74 Å². The smallest absolute Gasteiger partial charge is 0.164 e. The van der Waals surface area contributed by atoms with Gasteiger partial charge >= 0.3 is 0 Å². The molecule has 0 aliphatic heterocycles. The number of anilines is 1. The summed E-state index contributed by atoms with van der Waals surface area (Å²) in [6, 6.07) is 11.1. The average molecular weight is 296 g/mol. The number of nitrogen functional groups attached to an aromatic ring is 1. The van der Waals surface area contributed by atoms with Crippen LogP contribution < -0.4 is 10.5 Å². The molecule has 2 aromatic rings. The standard InChI is InChI=1S/C15H15Cl2NO/c1-9(2)11-5-3-4-6-14(11)19-15-12(16)7-10(18)8-13(15)17/h3-9H,18H2,1-2H3. The normalized spacial score (nSPS) is 10.8. The summed E-state index contributed by atoms with van der Waals surface area (Å²) in [7, 11) is 0. The zero-order chi connectivity index (χ0) is 14.0. The van der Waals surface area contributed by atoms with Crippen LogP contribution in [0.3, 0.4) is 0 Å². The van der Waals surface area contributed by atoms with Gasteiger partial charge in [-0.05, 0) is 29.7 Å². The molecule has 0 saturated heterocycles. The van der Waals surface area contributed by atoms with E-state index in [1.165, 1.54) is 0 Å². The fraction of sp³-hybridized carbons (Fsp3) is 0.200. The molecule has 0 bridgehead atoms. The van der Waals surface area contributed by atoms with Crippen LogP contribution in [-0.4, -0.2) is 0 Å². The highest BCUT2D eigenvalue weighted by molar-refractivity contribution is 6.37. The predicted molar refractivity (Wildman–Crippen MR) is 81.5 cm³/mol. The second-order valence-corrected chi connectivity index (χ2v) is 5.42. The van der Waals surface area contributed by atoms with Crippen molar-refractivity contribution >= 4 is 28.9 Å². The minimum atomic E-state index is 0.350. The molecule has 0 aliphatic rings. The Balaban J connectivity index is 2.42. The SMILES string of the molecule is CC(C)c1ccccc1Oc1c(Cl)cc(N)cc1Cl. The van der Waals surface area contributed by atoms with E-state index in [0.29, 0.717) is 27.4 Å². The summed E-state index contributed by atoms with van der Waals surface area (Å²) in [4.78, 5) is 0. The molecule has 0 spiro atoms. The third-order valence-electron chi connectivity index (χ3n) is 2.77. The quantitative estimate of drug-likeness (QED) is 0.760. The molecule has 4 heteroatoms. The predicted octanol–water partition coefficient (Wildman–Crippen LogP) is 5.49. The maximum Gasteiger partial charge on any atom is 0.164 e. The lowest BCUT2D eigenvalue weighted by atomic mass is 10.0. The minimum Gasteiger partial charge on any atom is -0.454 e. The van der Waals surface area contributed by atoms with Gasteiger partial charge in [0.25, 0.3) is 0 Å². The lowest BCUT2D eigenvalue weighted by Gasteiger charge is -2.15. The molecule has 0 amide bonds. The number of halogens is 2. The molecular weight excluding hydrogens is 281 g/mol. The van der Waals surface area contributed by atoms with Gasteiger partial charge in [0.05, 0.1) is 10.0 Å². The molecule has 0 radical (unpaired) electrons. The van der Waals surface area contributed by atoms with Crippen LogP contribution in [0.15, 0.2) is 36.4 Å². The van der Waals surface area contributed by atoms with Gasteiger partial charge in [-0.15, -0.1) is 0 Å². The van der Waals surface area contributed by atoms with Gasteiger partial charge in [-0.1, -0.05) is 55.2 Å². The number of hydrogen-bond acceptors (Lipinski definition) is 2. The summed E-state index contributed by atoms with van der Waals surface area (Å²) in [6.45, 7) is 4.21. The number of para-hydroxylation sites is 1. The van der Waals surface area contributed by atoms with Crippen molar-refractivity contribution in [2.45, 2.75) is 19.8 Å². The summed E-state index contributed by atoms with van der Waals surface area (Å²) in [5.41, 5.74) is 7.29. The molecule has 2 nitrogen and oxygen atoms in total. The van der Waals surface area contributed by atoms with E-state index in [0.717, 1.165) is 11.3 Å². The van der Waals surface area contributed by atoms with E-state index in [2.05, 4.69) is 13.8 Å². The number of benzene rings is 2. The summed E-state index contributed by atoms with van der Waals surface area (Å²) in [5, 5.41) is 0.812. The van der Waals surface area contributed by atoms with E-state index >= 15 is 0 Å². The minimum absolute atomic E-state index is 0.350. The topological polar surface area (TPSA) is 35.2 Å². The van der Waals surface area contributed by atoms with Crippen LogP contribution in [0.25, 0.3) is 0 Å². The Labute approximate surface area is 123 Å². The Hall–Kier alpha value is -1.38. The number of nitrogens with two attached hydrogens (primary N) is 1. The van der Waals surface area contributed by atoms with Crippen molar-refractivity contribution in [1.82, 2.24) is 0 Å². The second-order valence-electron chi connectivity index (χ2n) is 4.61. The highest BCUT2D eigenvalue weighted by atomic mass is 35.5. The van der Waals surface area contributed by atoms with Crippen LogP contribution in [0.2, 0.25) is 10.0 Å². The van der Waals surface area contributed by atoms with Crippen molar-refractivity contribution in [2.75, 3.05) is 5.73 Å². The van der Waals surface area contributed by atoms with Crippen molar-refractivity contribution in [3.63, 3.8) is 0 Å². The molecule has 2 rings (SSSR count). The maximum absolute atomic E-state index is 6.13. The first-order valence-corrected chi connectivity index (χ1v) is 6.76. The van der Waals surface area contributed by atoms with Crippen molar-refractivity contribution in [1.29, 1.82) is 0 Å². The third-order valence-corrected chi connectivity index (χ3v) is 3.34. The molecule has 100 valence electrons. The molecule has 0 heterocycles. The van der Waals surface area contributed by atoms with Crippen LogP contribution in [0.5, 0.6) is 11.5 Å². The molecule has 2 N–H and O–H groups in total. The lowest BCUT2D eigenvalue weighted by molar-refractivity contribution is 0.473. The molecule has 0 unspecified atom stereocenters. The number of hydrogen-bond donors (Lipinski definition) is 1. The first kappa shape index (κ1) is 14.0. The first-order valence-electron chi connectivity index (χ1n) is 6.00.